The highest BCUT2D eigenvalue weighted by molar-refractivity contribution is 6.35. The zero-order valence-electron chi connectivity index (χ0n) is 9.54. The first-order valence-electron chi connectivity index (χ1n) is 4.33. The highest BCUT2D eigenvalue weighted by atomic mass is 16.5. The molecule has 2 unspecified atom stereocenters. The van der Waals surface area contributed by atoms with Gasteiger partial charge in [-0.2, -0.15) is 0 Å². The maximum atomic E-state index is 10.4. The zero-order valence-corrected chi connectivity index (χ0v) is 9.54. The van der Waals surface area contributed by atoms with Crippen molar-refractivity contribution in [3.8, 4) is 0 Å². The second kappa shape index (κ2) is 8.36. The molecule has 8 heteroatoms. The number of ketones is 2. The average molecular weight is 250 g/mol. The average Bonchev–Trinajstić information content (AvgIpc) is 2.26. The summed E-state index contributed by atoms with van der Waals surface area (Å²) in [4.78, 5) is 39.9. The molecule has 17 heavy (non-hydrogen) atoms. The maximum absolute atomic E-state index is 10.4. The Morgan fingerprint density at radius 3 is 1.47 bits per heavy atom. The van der Waals surface area contributed by atoms with Crippen LogP contribution in [0.2, 0.25) is 0 Å². The van der Waals surface area contributed by atoms with Crippen LogP contribution in [0.4, 0.5) is 0 Å². The summed E-state index contributed by atoms with van der Waals surface area (Å²) in [6.45, 7) is 2.50. The third kappa shape index (κ3) is 8.05. The minimum atomic E-state index is -2.14. The summed E-state index contributed by atoms with van der Waals surface area (Å²) in [6, 6.07) is 0. The fourth-order valence-corrected chi connectivity index (χ4v) is 0.385. The van der Waals surface area contributed by atoms with Crippen molar-refractivity contribution in [3.63, 3.8) is 0 Å². The normalized spacial score (nSPS) is 12.5. The van der Waals surface area contributed by atoms with E-state index in [9.17, 15) is 19.2 Å². The molecule has 0 aromatic carbocycles. The summed E-state index contributed by atoms with van der Waals surface area (Å²) in [5.41, 5.74) is 0. The first-order chi connectivity index (χ1) is 7.64. The number of rotatable bonds is 4. The third-order valence-electron chi connectivity index (χ3n) is 1.49. The van der Waals surface area contributed by atoms with Gasteiger partial charge < -0.3 is 20.1 Å². The first-order valence-corrected chi connectivity index (χ1v) is 4.33. The number of carbonyl (C=O) groups is 4. The molecule has 0 heterocycles. The Labute approximate surface area is 96.8 Å². The number of esters is 1. The molecule has 0 aromatic heterocycles. The number of hydrogen-bond acceptors (Lipinski definition) is 7. The van der Waals surface area contributed by atoms with E-state index in [0.717, 1.165) is 7.11 Å². The van der Waals surface area contributed by atoms with Crippen LogP contribution in [-0.2, 0) is 23.9 Å². The van der Waals surface area contributed by atoms with Gasteiger partial charge in [0.15, 0.2) is 23.8 Å². The molecule has 0 fully saturated rings. The van der Waals surface area contributed by atoms with E-state index in [4.69, 9.17) is 15.3 Å². The summed E-state index contributed by atoms with van der Waals surface area (Å²) in [5, 5.41) is 25.3. The second-order valence-electron chi connectivity index (χ2n) is 2.86. The number of carboxylic acids is 1. The Hall–Kier alpha value is -1.80. The molecule has 0 rings (SSSR count). The van der Waals surface area contributed by atoms with Gasteiger partial charge in [0, 0.05) is 13.8 Å². The molecule has 0 aliphatic heterocycles. The summed E-state index contributed by atoms with van der Waals surface area (Å²) in [6.07, 6.45) is -4.17. The molecule has 0 bridgehead atoms. The van der Waals surface area contributed by atoms with E-state index in [1.165, 1.54) is 13.8 Å². The van der Waals surface area contributed by atoms with Crippen LogP contribution in [0.1, 0.15) is 13.8 Å². The Bertz CT molecular complexity index is 296. The van der Waals surface area contributed by atoms with E-state index < -0.39 is 24.1 Å². The number of aliphatic hydroxyl groups excluding tert-OH is 2. The molecule has 3 N–H and O–H groups in total. The van der Waals surface area contributed by atoms with Gasteiger partial charge in [-0.15, -0.1) is 0 Å². The first kappa shape index (κ1) is 17.6. The number of aliphatic hydroxyl groups is 2. The number of aliphatic carboxylic acids is 1. The highest BCUT2D eigenvalue weighted by Gasteiger charge is 2.30. The largest absolute Gasteiger partial charge is 0.479 e. The van der Waals surface area contributed by atoms with Crippen molar-refractivity contribution < 1.29 is 39.2 Å². The molecule has 0 radical (unpaired) electrons. The van der Waals surface area contributed by atoms with Gasteiger partial charge in [-0.1, -0.05) is 0 Å². The molecule has 8 nitrogen and oxygen atoms in total. The van der Waals surface area contributed by atoms with Crippen molar-refractivity contribution in [2.45, 2.75) is 26.1 Å². The lowest BCUT2D eigenvalue weighted by molar-refractivity contribution is -0.167. The number of methoxy groups -OCH3 is 1. The van der Waals surface area contributed by atoms with Crippen molar-refractivity contribution in [2.24, 2.45) is 0 Å². The number of carboxylic acid groups (broad SMARTS) is 1. The minimum absolute atomic E-state index is 0.380. The summed E-state index contributed by atoms with van der Waals surface area (Å²) < 4.78 is 3.97. The van der Waals surface area contributed by atoms with Crippen LogP contribution in [0.15, 0.2) is 0 Å². The molecule has 0 aromatic rings. The fourth-order valence-electron chi connectivity index (χ4n) is 0.385. The third-order valence-corrected chi connectivity index (χ3v) is 1.49. The second-order valence-corrected chi connectivity index (χ2v) is 2.86. The smallest absolute Gasteiger partial charge is 0.338 e. The van der Waals surface area contributed by atoms with Crippen molar-refractivity contribution in [1.29, 1.82) is 0 Å². The molecule has 0 spiro atoms. The van der Waals surface area contributed by atoms with Crippen LogP contribution in [0.5, 0.6) is 0 Å². The van der Waals surface area contributed by atoms with Crippen LogP contribution < -0.4 is 0 Å². The topological polar surface area (TPSA) is 138 Å². The molecule has 0 saturated heterocycles. The van der Waals surface area contributed by atoms with Gasteiger partial charge in [0.25, 0.3) is 0 Å². The van der Waals surface area contributed by atoms with E-state index in [2.05, 4.69) is 4.74 Å². The fraction of sp³-hybridized carbons (Fsp3) is 0.556. The van der Waals surface area contributed by atoms with Gasteiger partial charge in [0.2, 0.25) is 0 Å². The van der Waals surface area contributed by atoms with Crippen molar-refractivity contribution >= 4 is 23.5 Å². The van der Waals surface area contributed by atoms with Crippen LogP contribution in [0.25, 0.3) is 0 Å². The van der Waals surface area contributed by atoms with Crippen LogP contribution in [0.3, 0.4) is 0 Å². The predicted molar refractivity (Wildman–Crippen MR) is 53.0 cm³/mol. The monoisotopic (exact) mass is 250 g/mol. The number of hydrogen-bond donors (Lipinski definition) is 3. The summed E-state index contributed by atoms with van der Waals surface area (Å²) in [5.74, 6) is -3.62. The lowest BCUT2D eigenvalue weighted by Crippen LogP contribution is -2.40. The molecule has 2 atom stereocenters. The standard InChI is InChI=1S/C5H8O6.C4H6O2/c1-11-5(10)3(7)2(6)4(8)9;1-3(5)4(2)6/h2-3,6-7H,1H3,(H,8,9);1-2H3. The SMILES string of the molecule is CC(=O)C(C)=O.COC(=O)C(O)C(O)C(=O)O. The molecule has 0 amide bonds. The Morgan fingerprint density at radius 1 is 0.941 bits per heavy atom. The van der Waals surface area contributed by atoms with E-state index >= 15 is 0 Å². The van der Waals surface area contributed by atoms with Crippen molar-refractivity contribution in [2.75, 3.05) is 7.11 Å². The van der Waals surface area contributed by atoms with E-state index in [1.807, 2.05) is 0 Å². The maximum Gasteiger partial charge on any atom is 0.338 e. The van der Waals surface area contributed by atoms with Crippen LogP contribution in [0, 0.1) is 0 Å². The predicted octanol–water partition coefficient (Wildman–Crippen LogP) is -1.87. The van der Waals surface area contributed by atoms with Crippen LogP contribution in [-0.4, -0.2) is 58.1 Å². The van der Waals surface area contributed by atoms with Gasteiger partial charge in [-0.25, -0.2) is 9.59 Å². The van der Waals surface area contributed by atoms with Gasteiger partial charge >= 0.3 is 11.9 Å². The molecule has 0 aliphatic carbocycles. The van der Waals surface area contributed by atoms with Gasteiger partial charge in [-0.05, 0) is 0 Å². The molecule has 98 valence electrons. The molecule has 0 aliphatic rings. The van der Waals surface area contributed by atoms with E-state index in [-0.39, 0.29) is 11.6 Å². The molecular weight excluding hydrogens is 236 g/mol. The number of ether oxygens (including phenoxy) is 1. The Morgan fingerprint density at radius 2 is 1.29 bits per heavy atom. The molecule has 0 saturated carbocycles. The van der Waals surface area contributed by atoms with Crippen molar-refractivity contribution in [3.05, 3.63) is 0 Å². The molecular formula is C9H14O8. The zero-order chi connectivity index (χ0) is 14.2. The Kier molecular flexibility index (Phi) is 8.65. The van der Waals surface area contributed by atoms with Crippen LogP contribution >= 0.6 is 0 Å². The van der Waals surface area contributed by atoms with E-state index in [0.29, 0.717) is 0 Å². The summed E-state index contributed by atoms with van der Waals surface area (Å²) in [7, 11) is 0.972. The van der Waals surface area contributed by atoms with Crippen molar-refractivity contribution in [1.82, 2.24) is 0 Å². The van der Waals surface area contributed by atoms with Gasteiger partial charge in [0.1, 0.15) is 0 Å². The minimum Gasteiger partial charge on any atom is -0.479 e. The van der Waals surface area contributed by atoms with E-state index in [1.54, 1.807) is 0 Å². The van der Waals surface area contributed by atoms with Gasteiger partial charge in [0.05, 0.1) is 7.11 Å². The summed E-state index contributed by atoms with van der Waals surface area (Å²) >= 11 is 0. The van der Waals surface area contributed by atoms with Gasteiger partial charge in [-0.3, -0.25) is 9.59 Å². The highest BCUT2D eigenvalue weighted by Crippen LogP contribution is 1.95. The number of Topliss-reactive ketones (excluding diaryl/α,β-unsaturated/α-hetero) is 2. The lowest BCUT2D eigenvalue weighted by Gasteiger charge is -2.10. The lowest BCUT2D eigenvalue weighted by atomic mass is 10.2. The number of carbonyl (C=O) groups excluding carboxylic acids is 3. The quantitative estimate of drug-likeness (QED) is 0.389. The Balaban J connectivity index is 0.